The molecule has 2 amide bonds. The van der Waals surface area contributed by atoms with Crippen molar-refractivity contribution in [3.05, 3.63) is 64.4 Å². The number of benzene rings is 1. The lowest BCUT2D eigenvalue weighted by molar-refractivity contribution is -0.120. The molecule has 202 valence electrons. The number of fused-ring (bicyclic) bond motifs is 3. The molecule has 2 heterocycles. The van der Waals surface area contributed by atoms with Gasteiger partial charge in [-0.3, -0.25) is 4.79 Å². The van der Waals surface area contributed by atoms with Gasteiger partial charge in [-0.15, -0.1) is 0 Å². The summed E-state index contributed by atoms with van der Waals surface area (Å²) in [6.07, 6.45) is 6.96. The summed E-state index contributed by atoms with van der Waals surface area (Å²) in [5.41, 5.74) is 2.99. The molecule has 2 aromatic rings. The zero-order valence-electron chi connectivity index (χ0n) is 22.6. The highest BCUT2D eigenvalue weighted by atomic mass is 16.6. The van der Waals surface area contributed by atoms with Crippen LogP contribution in [0, 0.1) is 0 Å². The first-order valence-corrected chi connectivity index (χ1v) is 12.7. The Kier molecular flexibility index (Phi) is 7.87. The summed E-state index contributed by atoms with van der Waals surface area (Å²) < 4.78 is 15.9. The van der Waals surface area contributed by atoms with Gasteiger partial charge in [0.25, 0.3) is 0 Å². The van der Waals surface area contributed by atoms with Crippen LogP contribution >= 0.6 is 0 Å². The molecule has 1 aliphatic carbocycles. The third kappa shape index (κ3) is 5.88. The minimum absolute atomic E-state index is 0.0726. The number of nitrogens with zero attached hydrogens (tertiary/aromatic N) is 2. The van der Waals surface area contributed by atoms with Gasteiger partial charge >= 0.3 is 12.1 Å². The Hall–Kier alpha value is -3.72. The van der Waals surface area contributed by atoms with Crippen molar-refractivity contribution in [1.82, 2.24) is 9.88 Å². The van der Waals surface area contributed by atoms with Crippen LogP contribution in [0.3, 0.4) is 0 Å². The number of ether oxygens (including phenoxy) is 3. The van der Waals surface area contributed by atoms with E-state index in [1.807, 2.05) is 51.1 Å². The van der Waals surface area contributed by atoms with Crippen LogP contribution in [-0.2, 0) is 37.3 Å². The molecule has 1 atom stereocenters. The van der Waals surface area contributed by atoms with E-state index in [0.717, 1.165) is 22.3 Å². The van der Waals surface area contributed by atoms with E-state index < -0.39 is 17.0 Å². The highest BCUT2D eigenvalue weighted by Gasteiger charge is 2.51. The van der Waals surface area contributed by atoms with E-state index in [2.05, 4.69) is 10.3 Å². The van der Waals surface area contributed by atoms with Crippen LogP contribution in [0.25, 0.3) is 6.08 Å². The molecule has 38 heavy (non-hydrogen) atoms. The van der Waals surface area contributed by atoms with Gasteiger partial charge in [0.2, 0.25) is 5.91 Å². The lowest BCUT2D eigenvalue weighted by atomic mass is 9.79. The summed E-state index contributed by atoms with van der Waals surface area (Å²) in [7, 11) is 3.07. The second kappa shape index (κ2) is 10.9. The minimum Gasteiger partial charge on any atom is -0.465 e. The number of pyridine rings is 1. The van der Waals surface area contributed by atoms with E-state index >= 15 is 0 Å². The Morgan fingerprint density at radius 2 is 1.95 bits per heavy atom. The molecule has 9 nitrogen and oxygen atoms in total. The fourth-order valence-electron chi connectivity index (χ4n) is 4.83. The van der Waals surface area contributed by atoms with Crippen LogP contribution in [0.5, 0.6) is 0 Å². The van der Waals surface area contributed by atoms with E-state index in [4.69, 9.17) is 14.2 Å². The molecule has 2 aliphatic rings. The van der Waals surface area contributed by atoms with E-state index in [9.17, 15) is 14.4 Å². The lowest BCUT2D eigenvalue weighted by Crippen LogP contribution is -2.35. The number of hydrogen-bond donors (Lipinski definition) is 1. The fourth-order valence-corrected chi connectivity index (χ4v) is 4.83. The van der Waals surface area contributed by atoms with E-state index in [1.165, 1.54) is 7.11 Å². The van der Waals surface area contributed by atoms with Crippen LogP contribution in [-0.4, -0.2) is 67.4 Å². The van der Waals surface area contributed by atoms with Crippen LogP contribution < -0.4 is 5.32 Å². The smallest absolute Gasteiger partial charge is 0.410 e. The Morgan fingerprint density at radius 3 is 2.68 bits per heavy atom. The summed E-state index contributed by atoms with van der Waals surface area (Å²) in [5.74, 6) is 0.117. The normalized spacial score (nSPS) is 17.9. The van der Waals surface area contributed by atoms with Crippen molar-refractivity contribution in [2.24, 2.45) is 0 Å². The number of hydrogen-bond acceptors (Lipinski definition) is 7. The molecule has 0 radical (unpaired) electrons. The first-order chi connectivity index (χ1) is 18.0. The molecular weight excluding hydrogens is 486 g/mol. The van der Waals surface area contributed by atoms with Gasteiger partial charge < -0.3 is 24.4 Å². The molecule has 1 aromatic heterocycles. The second-order valence-electron chi connectivity index (χ2n) is 10.8. The first-order valence-electron chi connectivity index (χ1n) is 12.7. The number of carbonyl (C=O) groups excluding carboxylic acids is 3. The molecule has 0 unspecified atom stereocenters. The van der Waals surface area contributed by atoms with E-state index in [0.29, 0.717) is 50.4 Å². The Morgan fingerprint density at radius 1 is 1.18 bits per heavy atom. The highest BCUT2D eigenvalue weighted by Crippen LogP contribution is 2.47. The van der Waals surface area contributed by atoms with Gasteiger partial charge in [-0.1, -0.05) is 18.2 Å². The Balaban J connectivity index is 1.33. The van der Waals surface area contributed by atoms with E-state index in [-0.39, 0.29) is 12.0 Å². The molecule has 0 bridgehead atoms. The maximum absolute atomic E-state index is 13.1. The molecule has 1 N–H and O–H groups in total. The predicted octanol–water partition coefficient (Wildman–Crippen LogP) is 4.14. The van der Waals surface area contributed by atoms with Crippen LogP contribution in [0.2, 0.25) is 0 Å². The van der Waals surface area contributed by atoms with Crippen LogP contribution in [0.1, 0.15) is 59.8 Å². The maximum atomic E-state index is 13.1. The third-order valence-electron chi connectivity index (χ3n) is 6.71. The first kappa shape index (κ1) is 27.3. The lowest BCUT2D eigenvalue weighted by Gasteiger charge is -2.24. The van der Waals surface area contributed by atoms with Crippen molar-refractivity contribution < 1.29 is 28.6 Å². The SMILES string of the molecule is COC(=O)c1ccc2c(c1)C[C@]1(C2)C(=O)Nc2ncc(/C=C/COCCCN(C)C(=O)OC(C)(C)C)cc21. The third-order valence-corrected chi connectivity index (χ3v) is 6.71. The van der Waals surface area contributed by atoms with Crippen molar-refractivity contribution in [2.45, 2.75) is 51.0 Å². The standard InChI is InChI=1S/C29H35N3O6/c1-28(2,3)38-27(35)32(4)11-7-13-37-12-6-8-19-14-23-24(30-18-19)31-26(34)29(23)16-21-10-9-20(25(33)36-5)15-22(21)17-29/h6,8-10,14-15,18H,7,11-13,16-17H2,1-5H3,(H,30,31,34)/b8-6+/t29-/m0/s1. The second-order valence-corrected chi connectivity index (χ2v) is 10.8. The number of rotatable bonds is 8. The van der Waals surface area contributed by atoms with Crippen molar-refractivity contribution >= 4 is 29.9 Å². The van der Waals surface area contributed by atoms with Gasteiger partial charge in [0.05, 0.1) is 24.7 Å². The van der Waals surface area contributed by atoms with Crippen molar-refractivity contribution in [3.8, 4) is 0 Å². The number of nitrogens with one attached hydrogen (secondary N) is 1. The van der Waals surface area contributed by atoms with Gasteiger partial charge in [0.15, 0.2) is 0 Å². The topological polar surface area (TPSA) is 107 Å². The van der Waals surface area contributed by atoms with Crippen LogP contribution in [0.4, 0.5) is 10.6 Å². The zero-order chi connectivity index (χ0) is 27.5. The maximum Gasteiger partial charge on any atom is 0.410 e. The van der Waals surface area contributed by atoms with Crippen LogP contribution in [0.15, 0.2) is 36.5 Å². The molecule has 1 aliphatic heterocycles. The summed E-state index contributed by atoms with van der Waals surface area (Å²) >= 11 is 0. The van der Waals surface area contributed by atoms with Gasteiger partial charge in [-0.25, -0.2) is 14.6 Å². The summed E-state index contributed by atoms with van der Waals surface area (Å²) in [6.45, 7) is 6.99. The fraction of sp³-hybridized carbons (Fsp3) is 0.448. The quantitative estimate of drug-likeness (QED) is 0.411. The number of anilines is 1. The molecule has 0 saturated heterocycles. The largest absolute Gasteiger partial charge is 0.465 e. The van der Waals surface area contributed by atoms with Crippen molar-refractivity contribution in [2.75, 3.05) is 39.2 Å². The summed E-state index contributed by atoms with van der Waals surface area (Å²) in [4.78, 5) is 43.1. The number of amides is 2. The summed E-state index contributed by atoms with van der Waals surface area (Å²) in [5, 5.41) is 2.93. The van der Waals surface area contributed by atoms with Crippen molar-refractivity contribution in [1.29, 1.82) is 0 Å². The zero-order valence-corrected chi connectivity index (χ0v) is 22.6. The van der Waals surface area contributed by atoms with Crippen molar-refractivity contribution in [3.63, 3.8) is 0 Å². The molecule has 4 rings (SSSR count). The molecule has 0 saturated carbocycles. The monoisotopic (exact) mass is 521 g/mol. The average Bonchev–Trinajstić information content (AvgIpc) is 3.38. The number of carbonyl (C=O) groups is 3. The van der Waals surface area contributed by atoms with Gasteiger partial charge in [-0.2, -0.15) is 0 Å². The highest BCUT2D eigenvalue weighted by molar-refractivity contribution is 6.06. The minimum atomic E-state index is -0.736. The Bertz CT molecular complexity index is 1270. The molecule has 9 heteroatoms. The number of aromatic nitrogens is 1. The molecular formula is C29H35N3O6. The van der Waals surface area contributed by atoms with Gasteiger partial charge in [0.1, 0.15) is 11.4 Å². The van der Waals surface area contributed by atoms with Gasteiger partial charge in [0, 0.05) is 32.0 Å². The Labute approximate surface area is 223 Å². The summed E-state index contributed by atoms with van der Waals surface area (Å²) in [6, 6.07) is 7.46. The van der Waals surface area contributed by atoms with E-state index in [1.54, 1.807) is 24.2 Å². The number of esters is 1. The number of methoxy groups -OCH3 is 1. The molecule has 1 aromatic carbocycles. The molecule has 0 fully saturated rings. The predicted molar refractivity (Wildman–Crippen MR) is 143 cm³/mol. The van der Waals surface area contributed by atoms with Gasteiger partial charge in [-0.05, 0) is 74.9 Å². The average molecular weight is 522 g/mol. The molecule has 1 spiro atoms.